The number of nitrogens with zero attached hydrogens (tertiary/aromatic N) is 1. The van der Waals surface area contributed by atoms with Gasteiger partial charge in [0.05, 0.1) is 12.5 Å². The summed E-state index contributed by atoms with van der Waals surface area (Å²) in [6, 6.07) is 0. The number of likely N-dealkylation sites (N-methyl/N-ethyl adjacent to an activating group) is 1. The number of carbonyl (C=O) groups is 2. The molecule has 0 radical (unpaired) electrons. The van der Waals surface area contributed by atoms with Gasteiger partial charge in [0.15, 0.2) is 0 Å². The highest BCUT2D eigenvalue weighted by molar-refractivity contribution is 5.82. The molecule has 18 heavy (non-hydrogen) atoms. The lowest BCUT2D eigenvalue weighted by Crippen LogP contribution is -2.45. The third-order valence-corrected chi connectivity index (χ3v) is 3.32. The van der Waals surface area contributed by atoms with E-state index in [1.54, 1.807) is 7.05 Å². The molecule has 106 valence electrons. The van der Waals surface area contributed by atoms with Gasteiger partial charge in [0.25, 0.3) is 0 Å². The molecule has 0 saturated heterocycles. The van der Waals surface area contributed by atoms with Crippen molar-refractivity contribution in [2.45, 2.75) is 34.6 Å². The van der Waals surface area contributed by atoms with Crippen LogP contribution in [0, 0.1) is 23.2 Å². The van der Waals surface area contributed by atoms with Crippen LogP contribution in [-0.2, 0) is 9.59 Å². The molecule has 1 N–H and O–H groups in total. The fourth-order valence-corrected chi connectivity index (χ4v) is 2.23. The van der Waals surface area contributed by atoms with E-state index in [4.69, 9.17) is 5.11 Å². The van der Waals surface area contributed by atoms with Crippen LogP contribution in [0.25, 0.3) is 0 Å². The van der Waals surface area contributed by atoms with Gasteiger partial charge in [-0.05, 0) is 11.3 Å². The Morgan fingerprint density at radius 3 is 2.11 bits per heavy atom. The van der Waals surface area contributed by atoms with Crippen LogP contribution < -0.4 is 0 Å². The van der Waals surface area contributed by atoms with E-state index in [1.165, 1.54) is 4.90 Å². The molecule has 2 atom stereocenters. The largest absolute Gasteiger partial charge is 0.395 e. The molecule has 0 aliphatic heterocycles. The van der Waals surface area contributed by atoms with Gasteiger partial charge < -0.3 is 14.8 Å². The van der Waals surface area contributed by atoms with Gasteiger partial charge >= 0.3 is 0 Å². The van der Waals surface area contributed by atoms with E-state index in [-0.39, 0.29) is 35.7 Å². The number of carbonyl (C=O) groups excluding carboxylic acids is 2. The number of aldehydes is 1. The number of hydrogen-bond acceptors (Lipinski definition) is 3. The number of amides is 1. The van der Waals surface area contributed by atoms with Gasteiger partial charge in [-0.1, -0.05) is 34.6 Å². The van der Waals surface area contributed by atoms with E-state index < -0.39 is 0 Å². The summed E-state index contributed by atoms with van der Waals surface area (Å²) in [6.07, 6.45) is 0.894. The average Bonchev–Trinajstić information content (AvgIpc) is 2.22. The van der Waals surface area contributed by atoms with Crippen molar-refractivity contribution in [2.24, 2.45) is 23.2 Å². The van der Waals surface area contributed by atoms with Crippen molar-refractivity contribution in [1.29, 1.82) is 0 Å². The molecule has 0 aromatic heterocycles. The van der Waals surface area contributed by atoms with Gasteiger partial charge in [0.2, 0.25) is 5.91 Å². The zero-order valence-electron chi connectivity index (χ0n) is 12.4. The second kappa shape index (κ2) is 6.88. The topological polar surface area (TPSA) is 57.6 Å². The predicted molar refractivity (Wildman–Crippen MR) is 72.1 cm³/mol. The molecule has 4 nitrogen and oxygen atoms in total. The second-order valence-electron chi connectivity index (χ2n) is 6.28. The van der Waals surface area contributed by atoms with Crippen molar-refractivity contribution in [3.8, 4) is 0 Å². The third-order valence-electron chi connectivity index (χ3n) is 3.32. The van der Waals surface area contributed by atoms with E-state index in [0.29, 0.717) is 6.54 Å². The fraction of sp³-hybridized carbons (Fsp3) is 0.857. The van der Waals surface area contributed by atoms with Crippen molar-refractivity contribution in [3.05, 3.63) is 0 Å². The highest BCUT2D eigenvalue weighted by Gasteiger charge is 2.40. The SMILES string of the molecule is CC(C)C(C=O)C(C(=O)N(C)CCO)C(C)(C)C. The van der Waals surface area contributed by atoms with E-state index in [0.717, 1.165) is 6.29 Å². The summed E-state index contributed by atoms with van der Waals surface area (Å²) in [4.78, 5) is 25.2. The maximum atomic E-state index is 12.4. The molecule has 0 rings (SSSR count). The smallest absolute Gasteiger partial charge is 0.226 e. The normalized spacial score (nSPS) is 15.3. The Kier molecular flexibility index (Phi) is 6.54. The highest BCUT2D eigenvalue weighted by atomic mass is 16.3. The Morgan fingerprint density at radius 2 is 1.83 bits per heavy atom. The van der Waals surface area contributed by atoms with Crippen molar-refractivity contribution in [1.82, 2.24) is 4.90 Å². The molecule has 0 fully saturated rings. The Labute approximate surface area is 110 Å². The monoisotopic (exact) mass is 257 g/mol. The highest BCUT2D eigenvalue weighted by Crippen LogP contribution is 2.36. The van der Waals surface area contributed by atoms with Crippen molar-refractivity contribution >= 4 is 12.2 Å². The molecule has 0 aromatic rings. The van der Waals surface area contributed by atoms with Gasteiger partial charge in [0, 0.05) is 19.5 Å². The van der Waals surface area contributed by atoms with Crippen LogP contribution in [0.15, 0.2) is 0 Å². The predicted octanol–water partition coefficient (Wildman–Crippen LogP) is 1.57. The molecular formula is C14H27NO3. The number of rotatable bonds is 6. The average molecular weight is 257 g/mol. The molecule has 1 amide bonds. The van der Waals surface area contributed by atoms with Gasteiger partial charge in [-0.2, -0.15) is 0 Å². The van der Waals surface area contributed by atoms with E-state index in [2.05, 4.69) is 0 Å². The molecule has 0 aliphatic rings. The second-order valence-corrected chi connectivity index (χ2v) is 6.28. The molecule has 0 heterocycles. The Morgan fingerprint density at radius 1 is 1.33 bits per heavy atom. The number of aliphatic hydroxyl groups is 1. The first-order valence-electron chi connectivity index (χ1n) is 6.48. The van der Waals surface area contributed by atoms with E-state index >= 15 is 0 Å². The van der Waals surface area contributed by atoms with E-state index in [9.17, 15) is 9.59 Å². The van der Waals surface area contributed by atoms with Crippen LogP contribution in [-0.4, -0.2) is 42.4 Å². The standard InChI is InChI=1S/C14H27NO3/c1-10(2)11(9-17)12(14(3,4)5)13(18)15(6)7-8-16/h9-12,16H,7-8H2,1-6H3. The number of hydrogen-bond donors (Lipinski definition) is 1. The molecule has 2 unspecified atom stereocenters. The molecule has 0 saturated carbocycles. The maximum absolute atomic E-state index is 12.4. The molecule has 4 heteroatoms. The Hall–Kier alpha value is -0.900. The van der Waals surface area contributed by atoms with Crippen LogP contribution in [0.2, 0.25) is 0 Å². The minimum absolute atomic E-state index is 0.0630. The summed E-state index contributed by atoms with van der Waals surface area (Å²) < 4.78 is 0. The minimum atomic E-state index is -0.355. The molecular weight excluding hydrogens is 230 g/mol. The maximum Gasteiger partial charge on any atom is 0.226 e. The third kappa shape index (κ3) is 4.41. The van der Waals surface area contributed by atoms with E-state index in [1.807, 2.05) is 34.6 Å². The molecule has 0 aliphatic carbocycles. The van der Waals surface area contributed by atoms with Gasteiger partial charge in [-0.25, -0.2) is 0 Å². The summed E-state index contributed by atoms with van der Waals surface area (Å²) in [6.45, 7) is 10.1. The molecule has 0 aromatic carbocycles. The summed E-state index contributed by atoms with van der Waals surface area (Å²) in [5.41, 5.74) is -0.281. The lowest BCUT2D eigenvalue weighted by atomic mass is 9.69. The molecule has 0 spiro atoms. The van der Waals surface area contributed by atoms with Gasteiger partial charge in [-0.15, -0.1) is 0 Å². The van der Waals surface area contributed by atoms with Gasteiger partial charge in [0.1, 0.15) is 6.29 Å². The lowest BCUT2D eigenvalue weighted by molar-refractivity contribution is -0.144. The molecule has 0 bridgehead atoms. The van der Waals surface area contributed by atoms with Crippen molar-refractivity contribution in [2.75, 3.05) is 20.2 Å². The quantitative estimate of drug-likeness (QED) is 0.735. The van der Waals surface area contributed by atoms with Crippen LogP contribution in [0.4, 0.5) is 0 Å². The first kappa shape index (κ1) is 17.1. The fourth-order valence-electron chi connectivity index (χ4n) is 2.23. The van der Waals surface area contributed by atoms with Crippen LogP contribution in [0.5, 0.6) is 0 Å². The summed E-state index contributed by atoms with van der Waals surface area (Å²) in [5, 5.41) is 8.91. The van der Waals surface area contributed by atoms with Gasteiger partial charge in [-0.3, -0.25) is 4.79 Å². The summed E-state index contributed by atoms with van der Waals surface area (Å²) in [7, 11) is 1.67. The Bertz CT molecular complexity index is 281. The minimum Gasteiger partial charge on any atom is -0.395 e. The first-order chi connectivity index (χ1) is 8.16. The van der Waals surface area contributed by atoms with Crippen LogP contribution in [0.1, 0.15) is 34.6 Å². The summed E-state index contributed by atoms with van der Waals surface area (Å²) in [5.74, 6) is -0.592. The van der Waals surface area contributed by atoms with Crippen LogP contribution in [0.3, 0.4) is 0 Å². The zero-order valence-corrected chi connectivity index (χ0v) is 12.4. The summed E-state index contributed by atoms with van der Waals surface area (Å²) >= 11 is 0. The van der Waals surface area contributed by atoms with Crippen LogP contribution >= 0.6 is 0 Å². The lowest BCUT2D eigenvalue weighted by Gasteiger charge is -2.37. The number of aliphatic hydroxyl groups excluding tert-OH is 1. The van der Waals surface area contributed by atoms with Crippen molar-refractivity contribution in [3.63, 3.8) is 0 Å². The Balaban J connectivity index is 5.24. The first-order valence-corrected chi connectivity index (χ1v) is 6.48. The van der Waals surface area contributed by atoms with Crippen molar-refractivity contribution < 1.29 is 14.7 Å². The zero-order chi connectivity index (χ0) is 14.5.